The van der Waals surface area contributed by atoms with Gasteiger partial charge < -0.3 is 66.1 Å². The van der Waals surface area contributed by atoms with Crippen LogP contribution in [-0.2, 0) is 39.9 Å². The summed E-state index contributed by atoms with van der Waals surface area (Å²) in [7, 11) is 1.29. The Labute approximate surface area is 375 Å². The van der Waals surface area contributed by atoms with Gasteiger partial charge in [-0.25, -0.2) is 0 Å². The standard InChI is InChI=1S/C45H60N4O16/c1-19(2)13-26(43(60)46-12-11-31(52)53)49-42(59)21(5)47-44(61)27(14-20(3)4)48-25-15-32(64-22(6)37(25)54)65-29-17-45(62,30(51)18-50)16-24-34(29)41(58)36-35(39(24)56)38(55)23-9-8-10-28(63-7)33(23)40(36)57/h8-10,19-22,25-27,29,32,37,48,50,54,56,58,62H,11-18H2,1-7H3,(H,46,60)(H,47,61)(H,49,59)(H,52,53)/t21-,22-,25-,26-,27-,29-,32-,37+,45-/m0/s1. The Morgan fingerprint density at radius 2 is 1.54 bits per heavy atom. The number of ketones is 3. The third kappa shape index (κ3) is 11.0. The van der Waals surface area contributed by atoms with Crippen molar-refractivity contribution in [1.29, 1.82) is 0 Å². The number of carboxylic acids is 1. The number of aromatic hydroxyl groups is 2. The van der Waals surface area contributed by atoms with E-state index < -0.39 is 137 Å². The van der Waals surface area contributed by atoms with Gasteiger partial charge in [0.25, 0.3) is 0 Å². The molecule has 5 rings (SSSR count). The second-order valence-electron chi connectivity index (χ2n) is 17.8. The van der Waals surface area contributed by atoms with Gasteiger partial charge in [0.05, 0.1) is 54.6 Å². The van der Waals surface area contributed by atoms with Crippen LogP contribution in [0.1, 0.15) is 123 Å². The van der Waals surface area contributed by atoms with Crippen molar-refractivity contribution in [1.82, 2.24) is 21.3 Å². The summed E-state index contributed by atoms with van der Waals surface area (Å²) in [6.07, 6.45) is -6.38. The minimum Gasteiger partial charge on any atom is -0.507 e. The van der Waals surface area contributed by atoms with E-state index in [4.69, 9.17) is 19.3 Å². The summed E-state index contributed by atoms with van der Waals surface area (Å²) < 4.78 is 17.7. The first kappa shape index (κ1) is 50.5. The lowest BCUT2D eigenvalue weighted by Gasteiger charge is -2.43. The molecule has 1 saturated heterocycles. The molecule has 3 aliphatic rings. The quantitative estimate of drug-likeness (QED) is 0.0739. The average molecular weight is 913 g/mol. The molecule has 0 saturated carbocycles. The smallest absolute Gasteiger partial charge is 0.305 e. The van der Waals surface area contributed by atoms with E-state index in [0.717, 1.165) is 0 Å². The molecule has 65 heavy (non-hydrogen) atoms. The molecule has 2 aliphatic carbocycles. The van der Waals surface area contributed by atoms with Gasteiger partial charge in [-0.1, -0.05) is 39.8 Å². The Morgan fingerprint density at radius 1 is 0.892 bits per heavy atom. The predicted octanol–water partition coefficient (Wildman–Crippen LogP) is 0.673. The van der Waals surface area contributed by atoms with Crippen LogP contribution in [0.2, 0.25) is 0 Å². The van der Waals surface area contributed by atoms with Crippen LogP contribution < -0.4 is 26.0 Å². The lowest BCUT2D eigenvalue weighted by molar-refractivity contribution is -0.250. The molecule has 0 radical (unpaired) electrons. The molecule has 1 fully saturated rings. The number of phenolic OH excluding ortho intramolecular Hbond substituents is 2. The number of aliphatic hydroxyl groups excluding tert-OH is 2. The van der Waals surface area contributed by atoms with Crippen LogP contribution in [0.5, 0.6) is 17.2 Å². The van der Waals surface area contributed by atoms with Crippen molar-refractivity contribution < 1.29 is 78.4 Å². The lowest BCUT2D eigenvalue weighted by Crippen LogP contribution is -2.61. The van der Waals surface area contributed by atoms with Crippen LogP contribution in [0.25, 0.3) is 0 Å². The minimum atomic E-state index is -2.40. The van der Waals surface area contributed by atoms with Gasteiger partial charge in [-0.2, -0.15) is 0 Å². The van der Waals surface area contributed by atoms with E-state index in [1.54, 1.807) is 0 Å². The molecule has 2 aromatic rings. The zero-order valence-electron chi connectivity index (χ0n) is 37.4. The molecular formula is C45H60N4O16. The predicted molar refractivity (Wildman–Crippen MR) is 228 cm³/mol. The number of carboxylic acid groups (broad SMARTS) is 1. The summed E-state index contributed by atoms with van der Waals surface area (Å²) in [6, 6.07) is 0.158. The van der Waals surface area contributed by atoms with Gasteiger partial charge in [0.2, 0.25) is 23.5 Å². The fourth-order valence-corrected chi connectivity index (χ4v) is 8.66. The van der Waals surface area contributed by atoms with Crippen molar-refractivity contribution >= 4 is 41.0 Å². The molecule has 0 aromatic heterocycles. The Bertz CT molecular complexity index is 2190. The highest BCUT2D eigenvalue weighted by Crippen LogP contribution is 2.52. The zero-order chi connectivity index (χ0) is 48.2. The van der Waals surface area contributed by atoms with Crippen LogP contribution in [0.4, 0.5) is 0 Å². The number of hydrogen-bond acceptors (Lipinski definition) is 16. The monoisotopic (exact) mass is 912 g/mol. The highest BCUT2D eigenvalue weighted by Gasteiger charge is 2.50. The molecule has 1 heterocycles. The summed E-state index contributed by atoms with van der Waals surface area (Å²) in [5, 5.41) is 76.4. The zero-order valence-corrected chi connectivity index (χ0v) is 37.4. The van der Waals surface area contributed by atoms with Crippen molar-refractivity contribution in [2.45, 2.75) is 134 Å². The number of phenols is 2. The largest absolute Gasteiger partial charge is 0.507 e. The normalized spacial score (nSPS) is 24.0. The maximum absolute atomic E-state index is 14.1. The first-order valence-electron chi connectivity index (χ1n) is 21.6. The summed E-state index contributed by atoms with van der Waals surface area (Å²) in [6.45, 7) is 9.10. The molecule has 9 atom stereocenters. The van der Waals surface area contributed by atoms with E-state index in [9.17, 15) is 59.1 Å². The maximum atomic E-state index is 14.1. The molecule has 20 heteroatoms. The van der Waals surface area contributed by atoms with Crippen LogP contribution >= 0.6 is 0 Å². The van der Waals surface area contributed by atoms with E-state index in [1.165, 1.54) is 39.2 Å². The van der Waals surface area contributed by atoms with Gasteiger partial charge in [-0.05, 0) is 44.6 Å². The molecule has 3 amide bonds. The van der Waals surface area contributed by atoms with Crippen LogP contribution in [0.15, 0.2) is 18.2 Å². The molecule has 0 unspecified atom stereocenters. The number of amides is 3. The second kappa shape index (κ2) is 20.8. The van der Waals surface area contributed by atoms with Gasteiger partial charge >= 0.3 is 5.97 Å². The Balaban J connectivity index is 1.40. The second-order valence-corrected chi connectivity index (χ2v) is 17.8. The fourth-order valence-electron chi connectivity index (χ4n) is 8.66. The fraction of sp³-hybridized carbons (Fsp3) is 0.578. The number of nitrogens with one attached hydrogen (secondary N) is 4. The molecule has 10 N–H and O–H groups in total. The topological polar surface area (TPSA) is 317 Å². The third-order valence-electron chi connectivity index (χ3n) is 11.9. The summed E-state index contributed by atoms with van der Waals surface area (Å²) >= 11 is 0. The van der Waals surface area contributed by atoms with Gasteiger partial charge in [-0.15, -0.1) is 0 Å². The number of benzene rings is 2. The van der Waals surface area contributed by atoms with Crippen molar-refractivity contribution in [2.75, 3.05) is 20.3 Å². The number of fused-ring (bicyclic) bond motifs is 3. The molecule has 2 aromatic carbocycles. The van der Waals surface area contributed by atoms with Crippen molar-refractivity contribution in [3.8, 4) is 17.2 Å². The Hall–Kier alpha value is -5.51. The number of aliphatic hydroxyl groups is 3. The van der Waals surface area contributed by atoms with Crippen molar-refractivity contribution in [3.05, 3.63) is 51.6 Å². The number of hydrogen-bond donors (Lipinski definition) is 10. The Morgan fingerprint density at radius 3 is 2.15 bits per heavy atom. The number of ether oxygens (including phenoxy) is 3. The van der Waals surface area contributed by atoms with E-state index >= 15 is 0 Å². The minimum absolute atomic E-state index is 0.0287. The first-order valence-corrected chi connectivity index (χ1v) is 21.6. The average Bonchev–Trinajstić information content (AvgIpc) is 3.23. The molecule has 0 spiro atoms. The van der Waals surface area contributed by atoms with Crippen LogP contribution in [0.3, 0.4) is 0 Å². The van der Waals surface area contributed by atoms with Gasteiger partial charge in [0.15, 0.2) is 17.9 Å². The van der Waals surface area contributed by atoms with E-state index in [-0.39, 0.29) is 72.1 Å². The molecule has 20 nitrogen and oxygen atoms in total. The van der Waals surface area contributed by atoms with Gasteiger partial charge in [0, 0.05) is 48.5 Å². The molecule has 0 bridgehead atoms. The molecular weight excluding hydrogens is 853 g/mol. The number of aliphatic carboxylic acids is 1. The van der Waals surface area contributed by atoms with Crippen LogP contribution in [0, 0.1) is 11.8 Å². The Kier molecular flexibility index (Phi) is 16.1. The van der Waals surface area contributed by atoms with Crippen molar-refractivity contribution in [2.24, 2.45) is 11.8 Å². The highest BCUT2D eigenvalue weighted by atomic mass is 16.7. The first-order chi connectivity index (χ1) is 30.5. The summed E-state index contributed by atoms with van der Waals surface area (Å²) in [4.78, 5) is 92.0. The number of Topliss-reactive ketones (excluding diaryl/α,β-unsaturated/α-hetero) is 1. The number of rotatable bonds is 19. The number of carbonyl (C=O) groups is 7. The molecule has 1 aliphatic heterocycles. The highest BCUT2D eigenvalue weighted by molar-refractivity contribution is 6.31. The number of carbonyl (C=O) groups excluding carboxylic acids is 6. The SMILES string of the molecule is COc1cccc2c1C(=O)c1c(O)c3c(c(O)c1C2=O)C[C@@](O)(C(=O)CO)C[C@@H]3O[C@H]1C[C@H](N[C@@H](CC(C)C)C(=O)N[C@@H](C)C(=O)N[C@@H](CC(C)C)C(=O)NCCC(=O)O)[C@H](O)[C@H](C)O1. The van der Waals surface area contributed by atoms with Crippen LogP contribution in [-0.4, -0.2) is 140 Å². The number of methoxy groups -OCH3 is 1. The van der Waals surface area contributed by atoms with Gasteiger partial charge in [-0.3, -0.25) is 33.6 Å². The maximum Gasteiger partial charge on any atom is 0.305 e. The van der Waals surface area contributed by atoms with Crippen molar-refractivity contribution in [3.63, 3.8) is 0 Å². The summed E-state index contributed by atoms with van der Waals surface area (Å²) in [5.74, 6) is -7.34. The van der Waals surface area contributed by atoms with E-state index in [2.05, 4.69) is 21.3 Å². The van der Waals surface area contributed by atoms with E-state index in [1.807, 2.05) is 27.7 Å². The summed E-state index contributed by atoms with van der Waals surface area (Å²) in [5.41, 5.74) is -4.28. The van der Waals surface area contributed by atoms with E-state index in [0.29, 0.717) is 0 Å². The van der Waals surface area contributed by atoms with Gasteiger partial charge in [0.1, 0.15) is 41.5 Å². The molecule has 356 valence electrons. The third-order valence-corrected chi connectivity index (χ3v) is 11.9. The lowest BCUT2D eigenvalue weighted by atomic mass is 9.72.